The SMILES string of the molecule is CC(C)Cc1cc(C(=O)N2CCN(S(=O)(=O)c3cccc(Cl)c3Cl)CC2)n[nH]1. The Kier molecular flexibility index (Phi) is 6.34. The highest BCUT2D eigenvalue weighted by molar-refractivity contribution is 7.89. The smallest absolute Gasteiger partial charge is 0.274 e. The van der Waals surface area contributed by atoms with Gasteiger partial charge in [0.1, 0.15) is 10.6 Å². The van der Waals surface area contributed by atoms with Crippen molar-refractivity contribution >= 4 is 39.1 Å². The maximum Gasteiger partial charge on any atom is 0.274 e. The van der Waals surface area contributed by atoms with Crippen molar-refractivity contribution in [2.75, 3.05) is 26.2 Å². The van der Waals surface area contributed by atoms with Gasteiger partial charge in [-0.1, -0.05) is 43.1 Å². The molecule has 7 nitrogen and oxygen atoms in total. The second kappa shape index (κ2) is 8.41. The van der Waals surface area contributed by atoms with E-state index in [1.807, 2.05) is 0 Å². The largest absolute Gasteiger partial charge is 0.335 e. The van der Waals surface area contributed by atoms with Crippen LogP contribution in [0.2, 0.25) is 10.0 Å². The number of piperazine rings is 1. The van der Waals surface area contributed by atoms with Crippen LogP contribution in [-0.2, 0) is 16.4 Å². The minimum Gasteiger partial charge on any atom is -0.335 e. The molecule has 10 heteroatoms. The molecule has 1 fully saturated rings. The van der Waals surface area contributed by atoms with E-state index < -0.39 is 10.0 Å². The number of hydrogen-bond donors (Lipinski definition) is 1. The first-order valence-corrected chi connectivity index (χ1v) is 11.2. The number of nitrogens with zero attached hydrogens (tertiary/aromatic N) is 3. The van der Waals surface area contributed by atoms with Crippen LogP contribution in [0.25, 0.3) is 0 Å². The number of nitrogens with one attached hydrogen (secondary N) is 1. The number of aromatic nitrogens is 2. The zero-order valence-corrected chi connectivity index (χ0v) is 18.0. The molecule has 0 radical (unpaired) electrons. The molecule has 2 aromatic rings. The third-order valence-corrected chi connectivity index (χ3v) is 7.41. The number of rotatable bonds is 5. The van der Waals surface area contributed by atoms with Gasteiger partial charge in [-0.15, -0.1) is 0 Å². The maximum atomic E-state index is 12.9. The highest BCUT2D eigenvalue weighted by atomic mass is 35.5. The molecule has 1 N–H and O–H groups in total. The van der Waals surface area contributed by atoms with E-state index in [4.69, 9.17) is 23.2 Å². The Hall–Kier alpha value is -1.61. The summed E-state index contributed by atoms with van der Waals surface area (Å²) in [6.07, 6.45) is 0.812. The second-order valence-electron chi connectivity index (χ2n) is 7.12. The van der Waals surface area contributed by atoms with Crippen LogP contribution in [0.15, 0.2) is 29.2 Å². The summed E-state index contributed by atoms with van der Waals surface area (Å²) in [5, 5.41) is 7.19. The maximum absolute atomic E-state index is 12.9. The lowest BCUT2D eigenvalue weighted by molar-refractivity contribution is 0.0692. The van der Waals surface area contributed by atoms with Crippen molar-refractivity contribution in [1.82, 2.24) is 19.4 Å². The standard InChI is InChI=1S/C18H22Cl2N4O3S/c1-12(2)10-13-11-15(22-21-13)18(25)23-6-8-24(9-7-23)28(26,27)16-5-3-4-14(19)17(16)20/h3-5,11-12H,6-10H2,1-2H3,(H,21,22). The van der Waals surface area contributed by atoms with Crippen LogP contribution in [0.1, 0.15) is 30.0 Å². The predicted octanol–water partition coefficient (Wildman–Crippen LogP) is 3.06. The van der Waals surface area contributed by atoms with Crippen molar-refractivity contribution in [3.05, 3.63) is 45.7 Å². The van der Waals surface area contributed by atoms with E-state index >= 15 is 0 Å². The Bertz CT molecular complexity index is 967. The number of halogens is 2. The number of benzene rings is 1. The van der Waals surface area contributed by atoms with Gasteiger partial charge in [0.15, 0.2) is 0 Å². The molecule has 1 aromatic heterocycles. The topological polar surface area (TPSA) is 86.4 Å². The molecule has 2 heterocycles. The van der Waals surface area contributed by atoms with Gasteiger partial charge in [-0.05, 0) is 30.5 Å². The first-order valence-electron chi connectivity index (χ1n) is 8.98. The lowest BCUT2D eigenvalue weighted by atomic mass is 10.1. The number of aromatic amines is 1. The molecule has 0 atom stereocenters. The molecule has 0 bridgehead atoms. The summed E-state index contributed by atoms with van der Waals surface area (Å²) in [6.45, 7) is 5.11. The normalized spacial score (nSPS) is 16.0. The summed E-state index contributed by atoms with van der Waals surface area (Å²) < 4.78 is 27.1. The van der Waals surface area contributed by atoms with Crippen molar-refractivity contribution in [3.63, 3.8) is 0 Å². The summed E-state index contributed by atoms with van der Waals surface area (Å²) in [5.74, 6) is 0.250. The van der Waals surface area contributed by atoms with E-state index in [9.17, 15) is 13.2 Å². The summed E-state index contributed by atoms with van der Waals surface area (Å²) >= 11 is 12.0. The number of amides is 1. The highest BCUT2D eigenvalue weighted by Gasteiger charge is 2.32. The lowest BCUT2D eigenvalue weighted by Crippen LogP contribution is -2.50. The number of carbonyl (C=O) groups excluding carboxylic acids is 1. The molecule has 3 rings (SSSR count). The zero-order valence-electron chi connectivity index (χ0n) is 15.7. The molecule has 0 saturated carbocycles. The molecule has 0 aliphatic carbocycles. The first-order chi connectivity index (χ1) is 13.2. The highest BCUT2D eigenvalue weighted by Crippen LogP contribution is 2.31. The van der Waals surface area contributed by atoms with Crippen LogP contribution in [0, 0.1) is 5.92 Å². The van der Waals surface area contributed by atoms with Crippen molar-refractivity contribution < 1.29 is 13.2 Å². The third-order valence-electron chi connectivity index (χ3n) is 4.54. The van der Waals surface area contributed by atoms with Crippen molar-refractivity contribution in [2.24, 2.45) is 5.92 Å². The van der Waals surface area contributed by atoms with Gasteiger partial charge >= 0.3 is 0 Å². The molecule has 0 unspecified atom stereocenters. The van der Waals surface area contributed by atoms with E-state index in [2.05, 4.69) is 24.0 Å². The molecular formula is C18H22Cl2N4O3S. The average molecular weight is 445 g/mol. The number of sulfonamides is 1. The van der Waals surface area contributed by atoms with Gasteiger partial charge in [0.2, 0.25) is 10.0 Å². The van der Waals surface area contributed by atoms with Gasteiger partial charge in [0, 0.05) is 31.9 Å². The monoisotopic (exact) mass is 444 g/mol. The second-order valence-corrected chi connectivity index (χ2v) is 9.82. The summed E-state index contributed by atoms with van der Waals surface area (Å²) in [4.78, 5) is 14.3. The minimum atomic E-state index is -3.78. The minimum absolute atomic E-state index is 0.0110. The Balaban J connectivity index is 1.67. The fourth-order valence-electron chi connectivity index (χ4n) is 3.13. The Labute approximate surface area is 174 Å². The molecule has 1 aromatic carbocycles. The van der Waals surface area contributed by atoms with Crippen molar-refractivity contribution in [3.8, 4) is 0 Å². The Morgan fingerprint density at radius 1 is 1.21 bits per heavy atom. The van der Waals surface area contributed by atoms with Crippen molar-refractivity contribution in [2.45, 2.75) is 25.2 Å². The molecule has 1 aliphatic heterocycles. The average Bonchev–Trinajstić information content (AvgIpc) is 3.11. The van der Waals surface area contributed by atoms with E-state index in [0.29, 0.717) is 11.6 Å². The Morgan fingerprint density at radius 3 is 2.54 bits per heavy atom. The number of carbonyl (C=O) groups is 1. The molecule has 0 spiro atoms. The number of H-pyrrole nitrogens is 1. The molecule has 28 heavy (non-hydrogen) atoms. The number of hydrogen-bond acceptors (Lipinski definition) is 4. The molecule has 1 saturated heterocycles. The van der Waals surface area contributed by atoms with Crippen LogP contribution < -0.4 is 0 Å². The van der Waals surface area contributed by atoms with Crippen LogP contribution in [-0.4, -0.2) is 59.9 Å². The van der Waals surface area contributed by atoms with E-state index in [-0.39, 0.29) is 47.0 Å². The van der Waals surface area contributed by atoms with Gasteiger partial charge in [0.05, 0.1) is 10.0 Å². The van der Waals surface area contributed by atoms with Gasteiger partial charge in [-0.25, -0.2) is 8.42 Å². The quantitative estimate of drug-likeness (QED) is 0.767. The van der Waals surface area contributed by atoms with Gasteiger partial charge in [-0.2, -0.15) is 9.40 Å². The van der Waals surface area contributed by atoms with Crippen LogP contribution in [0.3, 0.4) is 0 Å². The fourth-order valence-corrected chi connectivity index (χ4v) is 5.29. The van der Waals surface area contributed by atoms with E-state index in [1.54, 1.807) is 17.0 Å². The molecule has 1 aliphatic rings. The van der Waals surface area contributed by atoms with Gasteiger partial charge in [0.25, 0.3) is 5.91 Å². The Morgan fingerprint density at radius 2 is 1.89 bits per heavy atom. The fraction of sp³-hybridized carbons (Fsp3) is 0.444. The molecule has 152 valence electrons. The van der Waals surface area contributed by atoms with Crippen LogP contribution >= 0.6 is 23.2 Å². The third kappa shape index (κ3) is 4.35. The summed E-state index contributed by atoms with van der Waals surface area (Å²) in [5.41, 5.74) is 1.26. The van der Waals surface area contributed by atoms with Gasteiger partial charge < -0.3 is 4.90 Å². The molecular weight excluding hydrogens is 423 g/mol. The summed E-state index contributed by atoms with van der Waals surface area (Å²) in [7, 11) is -3.78. The molecule has 1 amide bonds. The van der Waals surface area contributed by atoms with Crippen molar-refractivity contribution in [1.29, 1.82) is 0 Å². The van der Waals surface area contributed by atoms with Crippen LogP contribution in [0.4, 0.5) is 0 Å². The predicted molar refractivity (Wildman–Crippen MR) is 108 cm³/mol. The first kappa shape index (κ1) is 21.1. The zero-order chi connectivity index (χ0) is 20.5. The van der Waals surface area contributed by atoms with E-state index in [0.717, 1.165) is 12.1 Å². The van der Waals surface area contributed by atoms with Crippen LogP contribution in [0.5, 0.6) is 0 Å². The summed E-state index contributed by atoms with van der Waals surface area (Å²) in [6, 6.07) is 6.28. The van der Waals surface area contributed by atoms with Gasteiger partial charge in [-0.3, -0.25) is 9.89 Å². The van der Waals surface area contributed by atoms with E-state index in [1.165, 1.54) is 16.4 Å². The lowest BCUT2D eigenvalue weighted by Gasteiger charge is -2.33.